The number of carboxylic acid groups (broad SMARTS) is 1. The van der Waals surface area contributed by atoms with E-state index in [9.17, 15) is 14.7 Å². The summed E-state index contributed by atoms with van der Waals surface area (Å²) in [7, 11) is 1.30. The molecule has 0 aliphatic heterocycles. The second-order valence-corrected chi connectivity index (χ2v) is 7.29. The average molecular weight is 479 g/mol. The third-order valence-corrected chi connectivity index (χ3v) is 5.00. The molecule has 34 heavy (non-hydrogen) atoms. The number of hydrogen-bond acceptors (Lipinski definition) is 9. The van der Waals surface area contributed by atoms with Gasteiger partial charge < -0.3 is 14.6 Å². The molecule has 0 saturated carbocycles. The number of aromatic nitrogens is 5. The maximum absolute atomic E-state index is 12.8. The van der Waals surface area contributed by atoms with Crippen LogP contribution in [-0.2, 0) is 6.54 Å². The Morgan fingerprint density at radius 3 is 2.79 bits per heavy atom. The Balaban J connectivity index is 1.60. The first-order valence-electron chi connectivity index (χ1n) is 9.73. The average Bonchev–Trinajstić information content (AvgIpc) is 2.85. The largest absolute Gasteiger partial charge is 0.491 e. The van der Waals surface area contributed by atoms with Crippen LogP contribution in [0.2, 0.25) is 5.02 Å². The van der Waals surface area contributed by atoms with E-state index in [2.05, 4.69) is 19.9 Å². The summed E-state index contributed by atoms with van der Waals surface area (Å²) in [4.78, 5) is 40.5. The minimum absolute atomic E-state index is 0.0767. The Bertz CT molecular complexity index is 1510. The number of fused-ring (bicyclic) bond motifs is 1. The summed E-state index contributed by atoms with van der Waals surface area (Å²) < 4.78 is 12.2. The van der Waals surface area contributed by atoms with E-state index >= 15 is 0 Å². The van der Waals surface area contributed by atoms with E-state index in [1.54, 1.807) is 18.2 Å². The van der Waals surface area contributed by atoms with Crippen molar-refractivity contribution >= 4 is 28.5 Å². The van der Waals surface area contributed by atoms with Crippen molar-refractivity contribution in [3.63, 3.8) is 0 Å². The van der Waals surface area contributed by atoms with Gasteiger partial charge in [-0.2, -0.15) is 5.26 Å². The maximum Gasteiger partial charge on any atom is 0.360 e. The second kappa shape index (κ2) is 9.51. The molecule has 0 fully saturated rings. The van der Waals surface area contributed by atoms with Gasteiger partial charge in [0, 0.05) is 10.6 Å². The molecule has 0 unspecified atom stereocenters. The summed E-state index contributed by atoms with van der Waals surface area (Å²) in [6.45, 7) is 0.232. The normalized spacial score (nSPS) is 10.6. The number of pyridine rings is 1. The molecule has 0 radical (unpaired) electrons. The van der Waals surface area contributed by atoms with Gasteiger partial charge in [0.15, 0.2) is 0 Å². The van der Waals surface area contributed by atoms with Crippen molar-refractivity contribution in [3.05, 3.63) is 69.8 Å². The molecule has 0 aliphatic carbocycles. The lowest BCUT2D eigenvalue weighted by Gasteiger charge is -2.13. The fourth-order valence-electron chi connectivity index (χ4n) is 3.16. The molecule has 170 valence electrons. The monoisotopic (exact) mass is 478 g/mol. The molecule has 1 aromatic carbocycles. The standard InChI is InChI=1S/C22H15ClN6O5/c1-33-20-19(22(31)32)28-17(10-26-20)14-6-12(23)2-3-18(14)34-5-4-29-11-27-16-9-25-13(8-24)7-15(16)21(29)30/h2-3,6-7,9-11H,4-5H2,1H3,(H,31,32). The highest BCUT2D eigenvalue weighted by molar-refractivity contribution is 6.31. The number of nitrogens with zero attached hydrogens (tertiary/aromatic N) is 6. The Labute approximate surface area is 196 Å². The molecule has 12 heteroatoms. The molecule has 11 nitrogen and oxygen atoms in total. The number of halogens is 1. The van der Waals surface area contributed by atoms with Crippen molar-refractivity contribution in [1.29, 1.82) is 5.26 Å². The highest BCUT2D eigenvalue weighted by atomic mass is 35.5. The van der Waals surface area contributed by atoms with Gasteiger partial charge in [0.2, 0.25) is 11.6 Å². The van der Waals surface area contributed by atoms with E-state index in [4.69, 9.17) is 26.3 Å². The third kappa shape index (κ3) is 4.48. The molecule has 4 rings (SSSR count). The fourth-order valence-corrected chi connectivity index (χ4v) is 3.33. The molecular formula is C22H15ClN6O5. The van der Waals surface area contributed by atoms with Crippen molar-refractivity contribution in [2.75, 3.05) is 13.7 Å². The molecule has 0 aliphatic rings. The number of nitriles is 1. The van der Waals surface area contributed by atoms with E-state index in [1.165, 1.54) is 36.5 Å². The zero-order valence-electron chi connectivity index (χ0n) is 17.6. The first kappa shape index (κ1) is 22.6. The van der Waals surface area contributed by atoms with E-state index in [-0.39, 0.29) is 47.1 Å². The molecule has 0 bridgehead atoms. The topological polar surface area (TPSA) is 153 Å². The van der Waals surface area contributed by atoms with Crippen molar-refractivity contribution in [3.8, 4) is 29.0 Å². The summed E-state index contributed by atoms with van der Waals surface area (Å²) in [5, 5.41) is 19.1. The van der Waals surface area contributed by atoms with Crippen LogP contribution in [0.25, 0.3) is 22.2 Å². The minimum Gasteiger partial charge on any atom is -0.491 e. The second-order valence-electron chi connectivity index (χ2n) is 6.85. The van der Waals surface area contributed by atoms with E-state index in [1.807, 2.05) is 6.07 Å². The minimum atomic E-state index is -1.30. The van der Waals surface area contributed by atoms with Gasteiger partial charge in [-0.3, -0.25) is 9.36 Å². The molecule has 3 heterocycles. The summed E-state index contributed by atoms with van der Waals surface area (Å²) in [5.74, 6) is -1.06. The summed E-state index contributed by atoms with van der Waals surface area (Å²) in [6.07, 6.45) is 4.10. The van der Waals surface area contributed by atoms with Crippen LogP contribution < -0.4 is 15.0 Å². The Hall–Kier alpha value is -4.56. The smallest absolute Gasteiger partial charge is 0.360 e. The molecule has 4 aromatic rings. The van der Waals surface area contributed by atoms with E-state index in [0.717, 1.165) is 0 Å². The predicted molar refractivity (Wildman–Crippen MR) is 120 cm³/mol. The SMILES string of the molecule is COc1ncc(-c2cc(Cl)ccc2OCCn2cnc3cnc(C#N)cc3c2=O)nc1C(=O)O. The molecule has 1 N–H and O–H groups in total. The number of hydrogen-bond donors (Lipinski definition) is 1. The lowest BCUT2D eigenvalue weighted by molar-refractivity contribution is 0.0685. The zero-order valence-corrected chi connectivity index (χ0v) is 18.4. The van der Waals surface area contributed by atoms with Gasteiger partial charge >= 0.3 is 5.97 Å². The van der Waals surface area contributed by atoms with Crippen LogP contribution in [0.4, 0.5) is 0 Å². The van der Waals surface area contributed by atoms with Gasteiger partial charge in [-0.15, -0.1) is 0 Å². The number of benzene rings is 1. The number of carbonyl (C=O) groups is 1. The van der Waals surface area contributed by atoms with Crippen LogP contribution in [0.5, 0.6) is 11.6 Å². The number of aromatic carboxylic acids is 1. The molecule has 0 spiro atoms. The van der Waals surface area contributed by atoms with Gasteiger partial charge in [-0.1, -0.05) is 11.6 Å². The quantitative estimate of drug-likeness (QED) is 0.419. The van der Waals surface area contributed by atoms with Crippen LogP contribution in [0.15, 0.2) is 47.8 Å². The maximum atomic E-state index is 12.8. The third-order valence-electron chi connectivity index (χ3n) is 4.77. The number of rotatable bonds is 7. The van der Waals surface area contributed by atoms with Crippen LogP contribution in [0.1, 0.15) is 16.2 Å². The van der Waals surface area contributed by atoms with Gasteiger partial charge in [0.05, 0.1) is 49.0 Å². The Morgan fingerprint density at radius 2 is 2.06 bits per heavy atom. The Kier molecular flexibility index (Phi) is 6.33. The van der Waals surface area contributed by atoms with Gasteiger partial charge in [0.1, 0.15) is 24.1 Å². The molecule has 3 aromatic heterocycles. The Morgan fingerprint density at radius 1 is 1.24 bits per heavy atom. The van der Waals surface area contributed by atoms with E-state index < -0.39 is 5.97 Å². The lowest BCUT2D eigenvalue weighted by atomic mass is 10.1. The molecule has 0 atom stereocenters. The summed E-state index contributed by atoms with van der Waals surface area (Å²) >= 11 is 6.13. The number of methoxy groups -OCH3 is 1. The van der Waals surface area contributed by atoms with Crippen molar-refractivity contribution in [2.24, 2.45) is 0 Å². The van der Waals surface area contributed by atoms with Crippen molar-refractivity contribution in [1.82, 2.24) is 24.5 Å². The predicted octanol–water partition coefficient (Wildman–Crippen LogP) is 2.56. The fraction of sp³-hybridized carbons (Fsp3) is 0.136. The summed E-state index contributed by atoms with van der Waals surface area (Å²) in [6, 6.07) is 8.07. The van der Waals surface area contributed by atoms with Crippen molar-refractivity contribution < 1.29 is 19.4 Å². The van der Waals surface area contributed by atoms with Crippen LogP contribution in [0, 0.1) is 11.3 Å². The van der Waals surface area contributed by atoms with Gasteiger partial charge in [-0.05, 0) is 24.3 Å². The highest BCUT2D eigenvalue weighted by Gasteiger charge is 2.18. The van der Waals surface area contributed by atoms with E-state index in [0.29, 0.717) is 21.9 Å². The number of ether oxygens (including phenoxy) is 2. The number of carboxylic acids is 1. The molecule has 0 amide bonds. The van der Waals surface area contributed by atoms with Gasteiger partial charge in [-0.25, -0.2) is 24.7 Å². The van der Waals surface area contributed by atoms with Crippen LogP contribution in [-0.4, -0.2) is 49.3 Å². The lowest BCUT2D eigenvalue weighted by Crippen LogP contribution is -2.23. The van der Waals surface area contributed by atoms with Gasteiger partial charge in [0.25, 0.3) is 5.56 Å². The first-order valence-corrected chi connectivity index (χ1v) is 10.1. The highest BCUT2D eigenvalue weighted by Crippen LogP contribution is 2.32. The van der Waals surface area contributed by atoms with Crippen LogP contribution >= 0.6 is 11.6 Å². The molecule has 0 saturated heterocycles. The zero-order chi connectivity index (χ0) is 24.2. The van der Waals surface area contributed by atoms with Crippen molar-refractivity contribution in [2.45, 2.75) is 6.54 Å². The van der Waals surface area contributed by atoms with Crippen LogP contribution in [0.3, 0.4) is 0 Å². The summed E-state index contributed by atoms with van der Waals surface area (Å²) in [5.41, 5.74) is 0.443. The molecular weight excluding hydrogens is 464 g/mol. The first-order chi connectivity index (χ1) is 16.4.